The van der Waals surface area contributed by atoms with Gasteiger partial charge in [-0.3, -0.25) is 9.36 Å². The van der Waals surface area contributed by atoms with Crippen LogP contribution in [0.3, 0.4) is 0 Å². The van der Waals surface area contributed by atoms with Crippen LogP contribution in [0.15, 0.2) is 51.9 Å². The standard InChI is InChI=1S/C26H24Cl2N2O6S/c1-5-35-19-8-7-14(10-20(19)36-6-2)22-17(25(32)34-4)13-29-26-30(22)24(31)21(37-26)11-15-9-16(27)12-18(28)23(15)33-3/h7-13,22H,5-6H2,1-4H3/b21-11+/t22-/m1/s1. The summed E-state index contributed by atoms with van der Waals surface area (Å²) >= 11 is 13.6. The zero-order valence-electron chi connectivity index (χ0n) is 20.5. The second-order valence-electron chi connectivity index (χ2n) is 7.76. The van der Waals surface area contributed by atoms with Gasteiger partial charge in [-0.15, -0.1) is 0 Å². The van der Waals surface area contributed by atoms with Crippen molar-refractivity contribution >= 4 is 46.6 Å². The predicted molar refractivity (Wildman–Crippen MR) is 143 cm³/mol. The zero-order valence-corrected chi connectivity index (χ0v) is 22.9. The number of ether oxygens (including phenoxy) is 4. The SMILES string of the molecule is CCOc1ccc([C@@H]2C(C(=O)OC)=CN=c3s/c(=C/c4cc(Cl)cc(Cl)c4OC)c(=O)n32)cc1OCC. The topological polar surface area (TPSA) is 88.4 Å². The van der Waals surface area contributed by atoms with Crippen molar-refractivity contribution < 1.29 is 23.7 Å². The van der Waals surface area contributed by atoms with Crippen molar-refractivity contribution in [1.82, 2.24) is 4.57 Å². The van der Waals surface area contributed by atoms with Crippen molar-refractivity contribution in [2.24, 2.45) is 4.99 Å². The molecule has 0 spiro atoms. The lowest BCUT2D eigenvalue weighted by atomic mass is 9.97. The van der Waals surface area contributed by atoms with Gasteiger partial charge in [-0.1, -0.05) is 40.6 Å². The predicted octanol–water partition coefficient (Wildman–Crippen LogP) is 4.13. The molecular weight excluding hydrogens is 539 g/mol. The number of benzene rings is 2. The Bertz CT molecular complexity index is 1560. The van der Waals surface area contributed by atoms with E-state index < -0.39 is 12.0 Å². The molecule has 2 aromatic carbocycles. The summed E-state index contributed by atoms with van der Waals surface area (Å²) in [5.74, 6) is 0.854. The summed E-state index contributed by atoms with van der Waals surface area (Å²) in [5.41, 5.74) is 1.02. The first-order valence-electron chi connectivity index (χ1n) is 11.3. The first-order valence-corrected chi connectivity index (χ1v) is 12.9. The number of hydrogen-bond acceptors (Lipinski definition) is 8. The number of thiazole rings is 1. The lowest BCUT2D eigenvalue weighted by Crippen LogP contribution is -2.39. The summed E-state index contributed by atoms with van der Waals surface area (Å²) in [6.45, 7) is 4.61. The van der Waals surface area contributed by atoms with Gasteiger partial charge in [0.15, 0.2) is 16.3 Å². The second kappa shape index (κ2) is 11.4. The summed E-state index contributed by atoms with van der Waals surface area (Å²) in [6, 6.07) is 7.72. The Morgan fingerprint density at radius 2 is 1.84 bits per heavy atom. The number of aromatic nitrogens is 1. The van der Waals surface area contributed by atoms with Gasteiger partial charge >= 0.3 is 5.97 Å². The summed E-state index contributed by atoms with van der Waals surface area (Å²) in [6.07, 6.45) is 3.07. The van der Waals surface area contributed by atoms with Crippen molar-refractivity contribution in [1.29, 1.82) is 0 Å². The lowest BCUT2D eigenvalue weighted by Gasteiger charge is -2.23. The van der Waals surface area contributed by atoms with Crippen molar-refractivity contribution in [3.63, 3.8) is 0 Å². The minimum atomic E-state index is -0.800. The Kier molecular flexibility index (Phi) is 8.26. The molecular formula is C26H24Cl2N2O6S. The monoisotopic (exact) mass is 562 g/mol. The molecule has 1 aromatic heterocycles. The Morgan fingerprint density at radius 3 is 2.51 bits per heavy atom. The number of halogens is 2. The van der Waals surface area contributed by atoms with E-state index in [-0.39, 0.29) is 11.1 Å². The van der Waals surface area contributed by atoms with Crippen LogP contribution in [0, 0.1) is 0 Å². The third-order valence-corrected chi connectivity index (χ3v) is 7.03. The van der Waals surface area contributed by atoms with Crippen LogP contribution in [0.2, 0.25) is 10.0 Å². The van der Waals surface area contributed by atoms with Gasteiger partial charge in [0, 0.05) is 16.8 Å². The Labute approximate surface area is 227 Å². The minimum Gasteiger partial charge on any atom is -0.495 e. The fourth-order valence-electron chi connectivity index (χ4n) is 4.03. The Balaban J connectivity index is 1.94. The molecule has 0 fully saturated rings. The van der Waals surface area contributed by atoms with E-state index >= 15 is 0 Å². The molecule has 2 heterocycles. The fourth-order valence-corrected chi connectivity index (χ4v) is 5.58. The molecule has 11 heteroatoms. The molecule has 0 saturated carbocycles. The molecule has 0 amide bonds. The quantitative estimate of drug-likeness (QED) is 0.383. The number of carbonyl (C=O) groups excluding carboxylic acids is 1. The van der Waals surface area contributed by atoms with Crippen LogP contribution in [0.1, 0.15) is 31.0 Å². The average Bonchev–Trinajstić information content (AvgIpc) is 3.19. The van der Waals surface area contributed by atoms with E-state index in [9.17, 15) is 9.59 Å². The molecule has 3 aromatic rings. The number of fused-ring (bicyclic) bond motifs is 1. The average molecular weight is 563 g/mol. The van der Waals surface area contributed by atoms with Crippen molar-refractivity contribution in [2.75, 3.05) is 27.4 Å². The van der Waals surface area contributed by atoms with Gasteiger partial charge in [0.05, 0.1) is 48.6 Å². The van der Waals surface area contributed by atoms with E-state index in [1.54, 1.807) is 36.4 Å². The number of hydrogen-bond donors (Lipinski definition) is 0. The van der Waals surface area contributed by atoms with Gasteiger partial charge in [0.1, 0.15) is 5.75 Å². The van der Waals surface area contributed by atoms with Gasteiger partial charge in [-0.2, -0.15) is 0 Å². The largest absolute Gasteiger partial charge is 0.495 e. The first kappa shape index (κ1) is 26.8. The normalized spacial score (nSPS) is 14.9. The molecule has 0 N–H and O–H groups in total. The molecule has 1 aliphatic heterocycles. The first-order chi connectivity index (χ1) is 17.8. The van der Waals surface area contributed by atoms with Crippen LogP contribution in [-0.2, 0) is 9.53 Å². The van der Waals surface area contributed by atoms with E-state index in [1.807, 2.05) is 13.8 Å². The molecule has 0 saturated heterocycles. The number of rotatable bonds is 8. The summed E-state index contributed by atoms with van der Waals surface area (Å²) in [7, 11) is 2.77. The van der Waals surface area contributed by atoms with Crippen molar-refractivity contribution in [3.8, 4) is 17.2 Å². The number of nitrogens with zero attached hydrogens (tertiary/aromatic N) is 2. The molecule has 1 aliphatic rings. The van der Waals surface area contributed by atoms with E-state index in [4.69, 9.17) is 42.1 Å². The van der Waals surface area contributed by atoms with Crippen LogP contribution < -0.4 is 29.1 Å². The van der Waals surface area contributed by atoms with Crippen LogP contribution in [0.25, 0.3) is 6.08 Å². The fraction of sp³-hybridized carbons (Fsp3) is 0.269. The smallest absolute Gasteiger partial charge is 0.337 e. The molecule has 194 valence electrons. The second-order valence-corrected chi connectivity index (χ2v) is 9.61. The van der Waals surface area contributed by atoms with Crippen molar-refractivity contribution in [2.45, 2.75) is 19.9 Å². The molecule has 0 unspecified atom stereocenters. The maximum atomic E-state index is 13.7. The molecule has 1 atom stereocenters. The van der Waals surface area contributed by atoms with E-state index in [0.717, 1.165) is 0 Å². The molecule has 8 nitrogen and oxygen atoms in total. The van der Waals surface area contributed by atoms with Gasteiger partial charge in [-0.05, 0) is 49.8 Å². The highest BCUT2D eigenvalue weighted by Crippen LogP contribution is 2.35. The highest BCUT2D eigenvalue weighted by molar-refractivity contribution is 7.07. The molecule has 4 rings (SSSR count). The minimum absolute atomic E-state index is 0.205. The highest BCUT2D eigenvalue weighted by atomic mass is 35.5. The zero-order chi connectivity index (χ0) is 26.7. The summed E-state index contributed by atoms with van der Waals surface area (Å²) in [4.78, 5) is 31.3. The Hall–Kier alpha value is -3.27. The van der Waals surface area contributed by atoms with Gasteiger partial charge in [0.2, 0.25) is 0 Å². The van der Waals surface area contributed by atoms with Gasteiger partial charge < -0.3 is 18.9 Å². The maximum absolute atomic E-state index is 13.7. The maximum Gasteiger partial charge on any atom is 0.337 e. The number of carbonyl (C=O) groups is 1. The molecule has 0 aliphatic carbocycles. The van der Waals surface area contributed by atoms with Crippen molar-refractivity contribution in [3.05, 3.63) is 83.0 Å². The molecule has 0 bridgehead atoms. The summed E-state index contributed by atoms with van der Waals surface area (Å²) in [5, 5.41) is 0.714. The third kappa shape index (κ3) is 5.25. The van der Waals surface area contributed by atoms with Gasteiger partial charge in [-0.25, -0.2) is 9.79 Å². The number of esters is 1. The highest BCUT2D eigenvalue weighted by Gasteiger charge is 2.31. The van der Waals surface area contributed by atoms with Crippen LogP contribution in [0.5, 0.6) is 17.2 Å². The van der Waals surface area contributed by atoms with E-state index in [1.165, 1.54) is 36.3 Å². The van der Waals surface area contributed by atoms with E-state index in [0.29, 0.717) is 61.0 Å². The van der Waals surface area contributed by atoms with E-state index in [2.05, 4.69) is 4.99 Å². The van der Waals surface area contributed by atoms with Crippen LogP contribution in [-0.4, -0.2) is 38.0 Å². The Morgan fingerprint density at radius 1 is 1.11 bits per heavy atom. The van der Waals surface area contributed by atoms with Crippen LogP contribution >= 0.6 is 34.5 Å². The summed E-state index contributed by atoms with van der Waals surface area (Å²) < 4.78 is 23.7. The number of methoxy groups -OCH3 is 2. The molecule has 0 radical (unpaired) electrons. The molecule has 37 heavy (non-hydrogen) atoms. The lowest BCUT2D eigenvalue weighted by molar-refractivity contribution is -0.136. The third-order valence-electron chi connectivity index (χ3n) is 5.54. The van der Waals surface area contributed by atoms with Gasteiger partial charge in [0.25, 0.3) is 5.56 Å². The van der Waals surface area contributed by atoms with Crippen LogP contribution in [0.4, 0.5) is 0 Å².